The third kappa shape index (κ3) is 2.41. The molecule has 3 nitrogen and oxygen atoms in total. The fraction of sp³-hybridized carbons (Fsp3) is 0.500. The molecule has 19 heavy (non-hydrogen) atoms. The maximum Gasteiger partial charge on any atom is 0.142 e. The van der Waals surface area contributed by atoms with Crippen LogP contribution < -0.4 is 0 Å². The molecule has 5 heteroatoms. The van der Waals surface area contributed by atoms with Crippen molar-refractivity contribution in [1.82, 2.24) is 9.97 Å². The van der Waals surface area contributed by atoms with Crippen LogP contribution in [0.2, 0.25) is 0 Å². The van der Waals surface area contributed by atoms with Gasteiger partial charge in [0.1, 0.15) is 22.0 Å². The van der Waals surface area contributed by atoms with E-state index in [1.807, 2.05) is 6.92 Å². The summed E-state index contributed by atoms with van der Waals surface area (Å²) in [4.78, 5) is 22.8. The molecular weight excluding hydrogens is 276 g/mol. The van der Waals surface area contributed by atoms with Gasteiger partial charge in [-0.25, -0.2) is 9.97 Å². The average Bonchev–Trinajstić information content (AvgIpc) is 2.77. The Balaban J connectivity index is 2.09. The van der Waals surface area contributed by atoms with E-state index in [9.17, 15) is 4.79 Å². The van der Waals surface area contributed by atoms with Crippen molar-refractivity contribution in [3.63, 3.8) is 0 Å². The minimum Gasteiger partial charge on any atom is -0.299 e. The molecule has 2 aromatic rings. The van der Waals surface area contributed by atoms with Gasteiger partial charge in [-0.15, -0.1) is 11.3 Å². The molecule has 0 aromatic carbocycles. The molecule has 100 valence electrons. The van der Waals surface area contributed by atoms with Crippen LogP contribution in [0.1, 0.15) is 37.1 Å². The Labute approximate surface area is 120 Å². The van der Waals surface area contributed by atoms with Crippen molar-refractivity contribution in [3.05, 3.63) is 16.8 Å². The van der Waals surface area contributed by atoms with E-state index in [1.54, 1.807) is 36.3 Å². The summed E-state index contributed by atoms with van der Waals surface area (Å²) < 4.78 is 0. The van der Waals surface area contributed by atoms with Gasteiger partial charge >= 0.3 is 0 Å². The summed E-state index contributed by atoms with van der Waals surface area (Å²) in [6.45, 7) is 3.58. The molecule has 2 aromatic heterocycles. The summed E-state index contributed by atoms with van der Waals surface area (Å²) in [6.07, 6.45) is 6.45. The van der Waals surface area contributed by atoms with Crippen LogP contribution in [0, 0.1) is 0 Å². The molecule has 3 rings (SSSR count). The fourth-order valence-electron chi connectivity index (χ4n) is 2.40. The summed E-state index contributed by atoms with van der Waals surface area (Å²) in [7, 11) is 0. The van der Waals surface area contributed by atoms with E-state index < -0.39 is 0 Å². The van der Waals surface area contributed by atoms with Crippen molar-refractivity contribution in [3.8, 4) is 0 Å². The maximum atomic E-state index is 11.4. The highest BCUT2D eigenvalue weighted by Crippen LogP contribution is 2.40. The molecule has 0 aliphatic heterocycles. The number of carbonyl (C=O) groups is 1. The third-order valence-electron chi connectivity index (χ3n) is 3.58. The quantitative estimate of drug-likeness (QED) is 0.640. The topological polar surface area (TPSA) is 42.9 Å². The number of Topliss-reactive ketones (excluding diaryl/α,β-unsaturated/α-hetero) is 1. The van der Waals surface area contributed by atoms with Gasteiger partial charge in [-0.3, -0.25) is 4.79 Å². The van der Waals surface area contributed by atoms with Crippen molar-refractivity contribution in [2.24, 2.45) is 0 Å². The number of hydrogen-bond donors (Lipinski definition) is 0. The number of rotatable bonds is 3. The number of nitrogens with zero attached hydrogens (tertiary/aromatic N) is 2. The predicted octanol–water partition coefficient (Wildman–Crippen LogP) is 3.64. The molecule has 1 atom stereocenters. The first-order valence-corrected chi connectivity index (χ1v) is 8.29. The summed E-state index contributed by atoms with van der Waals surface area (Å²) >= 11 is 3.36. The van der Waals surface area contributed by atoms with Crippen LogP contribution in [-0.2, 0) is 17.6 Å². The third-order valence-corrected chi connectivity index (χ3v) is 6.00. The zero-order chi connectivity index (χ0) is 13.4. The number of hydrogen-bond acceptors (Lipinski definition) is 5. The lowest BCUT2D eigenvalue weighted by molar-refractivity contribution is -0.116. The van der Waals surface area contributed by atoms with Gasteiger partial charge in [0.05, 0.1) is 5.25 Å². The Morgan fingerprint density at radius 2 is 2.16 bits per heavy atom. The standard InChI is InChI=1S/C14H16N2OS2/c1-8(17)9(2)18-13-12-10-5-3-4-6-11(10)19-14(12)16-7-15-13/h7,9H,3-6H2,1-2H3/t9-/m0/s1. The number of thiophene rings is 1. The van der Waals surface area contributed by atoms with Crippen LogP contribution in [0.15, 0.2) is 11.4 Å². The first-order valence-electron chi connectivity index (χ1n) is 6.59. The highest BCUT2D eigenvalue weighted by Gasteiger charge is 2.21. The number of thioether (sulfide) groups is 1. The summed E-state index contributed by atoms with van der Waals surface area (Å²) in [5.74, 6) is 0.195. The summed E-state index contributed by atoms with van der Waals surface area (Å²) in [5.41, 5.74) is 1.44. The van der Waals surface area contributed by atoms with Gasteiger partial charge in [-0.1, -0.05) is 11.8 Å². The van der Waals surface area contributed by atoms with Gasteiger partial charge in [-0.2, -0.15) is 0 Å². The number of ketones is 1. The Morgan fingerprint density at radius 3 is 2.95 bits per heavy atom. The lowest BCUT2D eigenvalue weighted by atomic mass is 9.97. The van der Waals surface area contributed by atoms with Crippen LogP contribution in [0.5, 0.6) is 0 Å². The Morgan fingerprint density at radius 1 is 1.37 bits per heavy atom. The van der Waals surface area contributed by atoms with Crippen molar-refractivity contribution in [2.75, 3.05) is 0 Å². The number of aryl methyl sites for hydroxylation is 2. The highest BCUT2D eigenvalue weighted by atomic mass is 32.2. The Kier molecular flexibility index (Phi) is 3.58. The smallest absolute Gasteiger partial charge is 0.142 e. The second-order valence-electron chi connectivity index (χ2n) is 4.94. The zero-order valence-electron chi connectivity index (χ0n) is 11.1. The van der Waals surface area contributed by atoms with Crippen LogP contribution in [0.3, 0.4) is 0 Å². The van der Waals surface area contributed by atoms with E-state index in [1.165, 1.54) is 35.1 Å². The summed E-state index contributed by atoms with van der Waals surface area (Å²) in [5, 5.41) is 2.14. The van der Waals surface area contributed by atoms with Crippen LogP contribution >= 0.6 is 23.1 Å². The first-order chi connectivity index (χ1) is 9.16. The van der Waals surface area contributed by atoms with E-state index in [-0.39, 0.29) is 11.0 Å². The zero-order valence-corrected chi connectivity index (χ0v) is 12.7. The summed E-state index contributed by atoms with van der Waals surface area (Å²) in [6, 6.07) is 0. The van der Waals surface area contributed by atoms with E-state index in [2.05, 4.69) is 9.97 Å². The molecule has 0 saturated carbocycles. The molecular formula is C14H16N2OS2. The van der Waals surface area contributed by atoms with Crippen molar-refractivity contribution >= 4 is 39.1 Å². The molecule has 0 spiro atoms. The van der Waals surface area contributed by atoms with Crippen molar-refractivity contribution in [2.45, 2.75) is 49.8 Å². The fourth-order valence-corrected chi connectivity index (χ4v) is 4.64. The predicted molar refractivity (Wildman–Crippen MR) is 80.1 cm³/mol. The van der Waals surface area contributed by atoms with E-state index in [0.717, 1.165) is 16.3 Å². The molecule has 0 fully saturated rings. The second-order valence-corrected chi connectivity index (χ2v) is 7.35. The maximum absolute atomic E-state index is 11.4. The second kappa shape index (κ2) is 5.21. The van der Waals surface area contributed by atoms with Gasteiger partial charge in [-0.05, 0) is 45.1 Å². The van der Waals surface area contributed by atoms with Gasteiger partial charge in [0.2, 0.25) is 0 Å². The SMILES string of the molecule is CC(=O)[C@H](C)Sc1ncnc2sc3c(c12)CCCC3. The minimum atomic E-state index is -0.0442. The number of fused-ring (bicyclic) bond motifs is 3. The number of aromatic nitrogens is 2. The Hall–Kier alpha value is -0.940. The van der Waals surface area contributed by atoms with E-state index >= 15 is 0 Å². The minimum absolute atomic E-state index is 0.0442. The molecule has 0 saturated heterocycles. The average molecular weight is 292 g/mol. The number of carbonyl (C=O) groups excluding carboxylic acids is 1. The molecule has 0 N–H and O–H groups in total. The largest absolute Gasteiger partial charge is 0.299 e. The lowest BCUT2D eigenvalue weighted by Gasteiger charge is -2.12. The van der Waals surface area contributed by atoms with Crippen LogP contribution in [0.4, 0.5) is 0 Å². The molecule has 0 unspecified atom stereocenters. The normalized spacial score (nSPS) is 16.3. The van der Waals surface area contributed by atoms with Crippen LogP contribution in [-0.4, -0.2) is 21.0 Å². The van der Waals surface area contributed by atoms with Crippen molar-refractivity contribution < 1.29 is 4.79 Å². The molecule has 2 heterocycles. The lowest BCUT2D eigenvalue weighted by Crippen LogP contribution is -2.08. The monoisotopic (exact) mass is 292 g/mol. The van der Waals surface area contributed by atoms with Gasteiger partial charge in [0, 0.05) is 10.3 Å². The molecule has 1 aliphatic rings. The molecule has 0 amide bonds. The van der Waals surface area contributed by atoms with Gasteiger partial charge < -0.3 is 0 Å². The first kappa shape index (κ1) is 13.1. The molecule has 1 aliphatic carbocycles. The van der Waals surface area contributed by atoms with E-state index in [4.69, 9.17) is 0 Å². The van der Waals surface area contributed by atoms with Gasteiger partial charge in [0.15, 0.2) is 0 Å². The molecule has 0 bridgehead atoms. The molecule has 0 radical (unpaired) electrons. The van der Waals surface area contributed by atoms with Gasteiger partial charge in [0.25, 0.3) is 0 Å². The van der Waals surface area contributed by atoms with Crippen LogP contribution in [0.25, 0.3) is 10.2 Å². The van der Waals surface area contributed by atoms with E-state index in [0.29, 0.717) is 0 Å². The highest BCUT2D eigenvalue weighted by molar-refractivity contribution is 8.00. The Bertz CT molecular complexity index is 636. The van der Waals surface area contributed by atoms with Crippen molar-refractivity contribution in [1.29, 1.82) is 0 Å².